The van der Waals surface area contributed by atoms with E-state index in [0.717, 1.165) is 0 Å². The lowest BCUT2D eigenvalue weighted by molar-refractivity contribution is -0.150. The maximum absolute atomic E-state index is 12.4. The van der Waals surface area contributed by atoms with Crippen molar-refractivity contribution in [2.45, 2.75) is 26.1 Å². The van der Waals surface area contributed by atoms with Gasteiger partial charge >= 0.3 is 6.18 Å². The zero-order chi connectivity index (χ0) is 14.5. The molecule has 0 amide bonds. The molecule has 19 heavy (non-hydrogen) atoms. The molecule has 3 nitrogen and oxygen atoms in total. The minimum atomic E-state index is -4.20. The molecule has 0 aliphatic rings. The zero-order valence-electron chi connectivity index (χ0n) is 11.1. The van der Waals surface area contributed by atoms with Gasteiger partial charge in [-0.1, -0.05) is 12.1 Å². The van der Waals surface area contributed by atoms with Crippen LogP contribution in [0.25, 0.3) is 0 Å². The van der Waals surface area contributed by atoms with Gasteiger partial charge in [0.1, 0.15) is 12.4 Å². The van der Waals surface area contributed by atoms with E-state index in [-0.39, 0.29) is 19.2 Å². The Morgan fingerprint density at radius 1 is 1.26 bits per heavy atom. The summed E-state index contributed by atoms with van der Waals surface area (Å²) in [4.78, 5) is 1.32. The molecule has 2 N–H and O–H groups in total. The third kappa shape index (κ3) is 5.83. The standard InChI is InChI=1S/C13H19F3N2O/c1-10(2)18(9-13(14,15)16)7-8-19-12-6-4-3-5-11(12)17/h3-6,10H,7-9,17H2,1-2H3. The van der Waals surface area contributed by atoms with Gasteiger partial charge in [0.05, 0.1) is 12.2 Å². The lowest BCUT2D eigenvalue weighted by Crippen LogP contribution is -2.41. The highest BCUT2D eigenvalue weighted by molar-refractivity contribution is 5.51. The van der Waals surface area contributed by atoms with Crippen LogP contribution < -0.4 is 10.5 Å². The molecule has 0 aromatic heterocycles. The smallest absolute Gasteiger partial charge is 0.401 e. The van der Waals surface area contributed by atoms with Crippen LogP contribution in [0.15, 0.2) is 24.3 Å². The third-order valence-corrected chi connectivity index (χ3v) is 2.67. The molecule has 1 aromatic rings. The fraction of sp³-hybridized carbons (Fsp3) is 0.538. The summed E-state index contributed by atoms with van der Waals surface area (Å²) in [5.74, 6) is 0.498. The lowest BCUT2D eigenvalue weighted by atomic mass is 10.3. The highest BCUT2D eigenvalue weighted by Gasteiger charge is 2.31. The van der Waals surface area contributed by atoms with Crippen molar-refractivity contribution in [2.24, 2.45) is 0 Å². The van der Waals surface area contributed by atoms with Gasteiger partial charge in [0.25, 0.3) is 0 Å². The Morgan fingerprint density at radius 3 is 2.42 bits per heavy atom. The minimum absolute atomic E-state index is 0.169. The molecule has 0 saturated carbocycles. The Labute approximate surface area is 111 Å². The molecule has 0 atom stereocenters. The van der Waals surface area contributed by atoms with Crippen molar-refractivity contribution < 1.29 is 17.9 Å². The first kappa shape index (κ1) is 15.6. The molecule has 0 aliphatic heterocycles. The van der Waals surface area contributed by atoms with Crippen molar-refractivity contribution >= 4 is 5.69 Å². The number of halogens is 3. The van der Waals surface area contributed by atoms with Crippen molar-refractivity contribution in [2.75, 3.05) is 25.4 Å². The van der Waals surface area contributed by atoms with Crippen LogP contribution in [0.1, 0.15) is 13.8 Å². The third-order valence-electron chi connectivity index (χ3n) is 2.67. The van der Waals surface area contributed by atoms with E-state index in [9.17, 15) is 13.2 Å². The number of nitrogens with two attached hydrogens (primary N) is 1. The molecule has 0 fully saturated rings. The molecule has 1 aromatic carbocycles. The van der Waals surface area contributed by atoms with E-state index in [2.05, 4.69) is 0 Å². The van der Waals surface area contributed by atoms with Crippen molar-refractivity contribution in [1.29, 1.82) is 0 Å². The summed E-state index contributed by atoms with van der Waals surface area (Å²) < 4.78 is 42.5. The zero-order valence-corrected chi connectivity index (χ0v) is 11.1. The average Bonchev–Trinajstić information content (AvgIpc) is 2.28. The maximum atomic E-state index is 12.4. The van der Waals surface area contributed by atoms with E-state index in [4.69, 9.17) is 10.5 Å². The molecular formula is C13H19F3N2O. The molecule has 0 heterocycles. The molecule has 0 radical (unpaired) electrons. The van der Waals surface area contributed by atoms with Crippen LogP contribution in [-0.2, 0) is 0 Å². The Balaban J connectivity index is 2.47. The summed E-state index contributed by atoms with van der Waals surface area (Å²) in [6.45, 7) is 2.89. The quantitative estimate of drug-likeness (QED) is 0.812. The van der Waals surface area contributed by atoms with Gasteiger partial charge in [-0.15, -0.1) is 0 Å². The first-order valence-corrected chi connectivity index (χ1v) is 6.07. The molecular weight excluding hydrogens is 257 g/mol. The van der Waals surface area contributed by atoms with Gasteiger partial charge in [-0.3, -0.25) is 4.90 Å². The van der Waals surface area contributed by atoms with E-state index < -0.39 is 12.7 Å². The summed E-state index contributed by atoms with van der Waals surface area (Å²) >= 11 is 0. The van der Waals surface area contributed by atoms with Crippen LogP contribution in [0.3, 0.4) is 0 Å². The Morgan fingerprint density at radius 2 is 1.89 bits per heavy atom. The predicted molar refractivity (Wildman–Crippen MR) is 69.1 cm³/mol. The molecule has 0 bridgehead atoms. The second-order valence-electron chi connectivity index (χ2n) is 4.57. The van der Waals surface area contributed by atoms with Crippen LogP contribution in [0.4, 0.5) is 18.9 Å². The number of anilines is 1. The topological polar surface area (TPSA) is 38.5 Å². The Bertz CT molecular complexity index is 394. The predicted octanol–water partition coefficient (Wildman–Crippen LogP) is 2.92. The van der Waals surface area contributed by atoms with Crippen LogP contribution in [0, 0.1) is 0 Å². The highest BCUT2D eigenvalue weighted by Crippen LogP contribution is 2.20. The highest BCUT2D eigenvalue weighted by atomic mass is 19.4. The van der Waals surface area contributed by atoms with Gasteiger partial charge in [-0.25, -0.2) is 0 Å². The first-order valence-electron chi connectivity index (χ1n) is 6.07. The van der Waals surface area contributed by atoms with E-state index in [0.29, 0.717) is 11.4 Å². The summed E-state index contributed by atoms with van der Waals surface area (Å²) in [5, 5.41) is 0. The van der Waals surface area contributed by atoms with Crippen LogP contribution in [0.2, 0.25) is 0 Å². The van der Waals surface area contributed by atoms with E-state index in [1.54, 1.807) is 38.1 Å². The van der Waals surface area contributed by atoms with Crippen molar-refractivity contribution in [1.82, 2.24) is 4.90 Å². The number of hydrogen-bond donors (Lipinski definition) is 1. The normalized spacial score (nSPS) is 12.2. The van der Waals surface area contributed by atoms with Gasteiger partial charge in [0, 0.05) is 12.6 Å². The Hall–Kier alpha value is -1.43. The van der Waals surface area contributed by atoms with E-state index in [1.807, 2.05) is 0 Å². The Kier molecular flexibility index (Phi) is 5.47. The summed E-state index contributed by atoms with van der Waals surface area (Å²) in [5.41, 5.74) is 6.16. The van der Waals surface area contributed by atoms with Gasteiger partial charge in [-0.05, 0) is 26.0 Å². The van der Waals surface area contributed by atoms with Gasteiger partial charge in [-0.2, -0.15) is 13.2 Å². The molecule has 108 valence electrons. The average molecular weight is 276 g/mol. The lowest BCUT2D eigenvalue weighted by Gasteiger charge is -2.27. The largest absolute Gasteiger partial charge is 0.490 e. The summed E-state index contributed by atoms with van der Waals surface area (Å²) in [7, 11) is 0. The number of benzene rings is 1. The second kappa shape index (κ2) is 6.65. The number of nitrogens with zero attached hydrogens (tertiary/aromatic N) is 1. The fourth-order valence-corrected chi connectivity index (χ4v) is 1.63. The van der Waals surface area contributed by atoms with E-state index >= 15 is 0 Å². The molecule has 0 saturated heterocycles. The summed E-state index contributed by atoms with van der Waals surface area (Å²) in [6, 6.07) is 6.72. The summed E-state index contributed by atoms with van der Waals surface area (Å²) in [6.07, 6.45) is -4.20. The van der Waals surface area contributed by atoms with Gasteiger partial charge < -0.3 is 10.5 Å². The number of rotatable bonds is 6. The number of hydrogen-bond acceptors (Lipinski definition) is 3. The molecule has 0 spiro atoms. The van der Waals surface area contributed by atoms with Crippen molar-refractivity contribution in [3.05, 3.63) is 24.3 Å². The van der Waals surface area contributed by atoms with Gasteiger partial charge in [0.2, 0.25) is 0 Å². The number of alkyl halides is 3. The van der Waals surface area contributed by atoms with Crippen LogP contribution in [0.5, 0.6) is 5.75 Å². The maximum Gasteiger partial charge on any atom is 0.401 e. The molecule has 1 rings (SSSR count). The van der Waals surface area contributed by atoms with Crippen molar-refractivity contribution in [3.8, 4) is 5.75 Å². The van der Waals surface area contributed by atoms with Gasteiger partial charge in [0.15, 0.2) is 0 Å². The molecule has 6 heteroatoms. The number of para-hydroxylation sites is 2. The fourth-order valence-electron chi connectivity index (χ4n) is 1.63. The SMILES string of the molecule is CC(C)N(CCOc1ccccc1N)CC(F)(F)F. The second-order valence-corrected chi connectivity index (χ2v) is 4.57. The molecule has 0 aliphatic carbocycles. The van der Waals surface area contributed by atoms with Crippen LogP contribution in [-0.4, -0.2) is 36.8 Å². The first-order chi connectivity index (χ1) is 8.79. The van der Waals surface area contributed by atoms with Crippen LogP contribution >= 0.6 is 0 Å². The monoisotopic (exact) mass is 276 g/mol. The number of nitrogen functional groups attached to an aromatic ring is 1. The molecule has 0 unspecified atom stereocenters. The minimum Gasteiger partial charge on any atom is -0.490 e. The number of ether oxygens (including phenoxy) is 1. The van der Waals surface area contributed by atoms with Crippen molar-refractivity contribution in [3.63, 3.8) is 0 Å². The van der Waals surface area contributed by atoms with E-state index in [1.165, 1.54) is 4.90 Å².